The molecule has 0 spiro atoms. The number of aromatic nitrogens is 4. The maximum absolute atomic E-state index is 9.28. The molecule has 168 valence electrons. The Labute approximate surface area is 183 Å². The van der Waals surface area contributed by atoms with Gasteiger partial charge in [-0.05, 0) is 37.0 Å². The molecule has 2 heterocycles. The molecule has 0 saturated carbocycles. The molecule has 0 saturated heterocycles. The summed E-state index contributed by atoms with van der Waals surface area (Å²) in [5, 5.41) is 13.8. The van der Waals surface area contributed by atoms with Crippen molar-refractivity contribution in [2.24, 2.45) is 0 Å². The number of rotatable bonds is 12. The van der Waals surface area contributed by atoms with E-state index in [9.17, 15) is 5.11 Å². The summed E-state index contributed by atoms with van der Waals surface area (Å²) in [6.45, 7) is 7.07. The third kappa shape index (κ3) is 5.85. The third-order valence-electron chi connectivity index (χ3n) is 5.15. The topological polar surface area (TPSA) is 108 Å². The van der Waals surface area contributed by atoms with Crippen LogP contribution in [0.25, 0.3) is 5.65 Å². The molecule has 0 amide bonds. The van der Waals surface area contributed by atoms with Gasteiger partial charge in [0.2, 0.25) is 0 Å². The van der Waals surface area contributed by atoms with Gasteiger partial charge in [0.15, 0.2) is 11.5 Å². The number of hydrogen-bond acceptors (Lipinski definition) is 7. The van der Waals surface area contributed by atoms with E-state index in [1.54, 1.807) is 10.7 Å². The smallest absolute Gasteiger partial charge is 0.336 e. The summed E-state index contributed by atoms with van der Waals surface area (Å²) in [5.74, 6) is 1.19. The van der Waals surface area contributed by atoms with Crippen LogP contribution >= 0.6 is 0 Å². The number of imidazole rings is 1. The number of fused-ring (bicyclic) bond motifs is 1. The monoisotopic (exact) mass is 427 g/mol. The Bertz CT molecular complexity index is 983. The molecule has 31 heavy (non-hydrogen) atoms. The minimum absolute atomic E-state index is 0.0518. The van der Waals surface area contributed by atoms with E-state index < -0.39 is 0 Å². The lowest BCUT2D eigenvalue weighted by molar-refractivity contribution is 0.133. The Balaban J connectivity index is 1.81. The first-order valence-electron chi connectivity index (χ1n) is 11.1. The highest BCUT2D eigenvalue weighted by Crippen LogP contribution is 2.23. The molecule has 0 aliphatic carbocycles. The fourth-order valence-electron chi connectivity index (χ4n) is 3.49. The number of hydrogen-bond donors (Lipinski definition) is 2. The van der Waals surface area contributed by atoms with Gasteiger partial charge in [0.1, 0.15) is 11.9 Å². The van der Waals surface area contributed by atoms with Crippen LogP contribution in [0.2, 0.25) is 0 Å². The predicted octanol–water partition coefficient (Wildman–Crippen LogP) is 3.71. The van der Waals surface area contributed by atoms with Crippen molar-refractivity contribution in [1.29, 1.82) is 0 Å². The number of ether oxygens (including phenoxy) is 2. The normalized spacial score (nSPS) is 12.3. The van der Waals surface area contributed by atoms with Gasteiger partial charge >= 0.3 is 6.01 Å². The highest BCUT2D eigenvalue weighted by Gasteiger charge is 2.16. The fourth-order valence-corrected chi connectivity index (χ4v) is 3.49. The molecule has 2 aromatic heterocycles. The second kappa shape index (κ2) is 10.9. The summed E-state index contributed by atoms with van der Waals surface area (Å²) in [6, 6.07) is 6.41. The Kier molecular flexibility index (Phi) is 8.06. The number of anilines is 1. The van der Waals surface area contributed by atoms with Gasteiger partial charge in [-0.2, -0.15) is 4.98 Å². The van der Waals surface area contributed by atoms with Crippen LogP contribution in [-0.2, 0) is 6.42 Å². The van der Waals surface area contributed by atoms with E-state index in [-0.39, 0.29) is 24.5 Å². The number of aryl methyl sites for hydroxylation is 1. The van der Waals surface area contributed by atoms with Gasteiger partial charge in [-0.25, -0.2) is 9.50 Å². The van der Waals surface area contributed by atoms with Gasteiger partial charge in [-0.1, -0.05) is 38.8 Å². The average Bonchev–Trinajstić information content (AvgIpc) is 3.13. The lowest BCUT2D eigenvalue weighted by atomic mass is 10.1. The largest absolute Gasteiger partial charge is 0.493 e. The van der Waals surface area contributed by atoms with E-state index in [4.69, 9.17) is 15.2 Å². The van der Waals surface area contributed by atoms with Crippen molar-refractivity contribution >= 4 is 11.5 Å². The maximum Gasteiger partial charge on any atom is 0.336 e. The summed E-state index contributed by atoms with van der Waals surface area (Å²) in [5.41, 5.74) is 9.74. The molecular weight excluding hydrogens is 394 g/mol. The van der Waals surface area contributed by atoms with E-state index in [1.165, 1.54) is 0 Å². The number of benzene rings is 1. The highest BCUT2D eigenvalue weighted by atomic mass is 16.5. The Hall–Kier alpha value is -2.87. The second-order valence-electron chi connectivity index (χ2n) is 7.78. The molecule has 0 radical (unpaired) electrons. The number of aliphatic hydroxyl groups excluding tert-OH is 1. The quantitative estimate of drug-likeness (QED) is 0.424. The van der Waals surface area contributed by atoms with Crippen LogP contribution in [0.1, 0.15) is 62.8 Å². The summed E-state index contributed by atoms with van der Waals surface area (Å²) in [4.78, 5) is 8.64. The minimum Gasteiger partial charge on any atom is -0.493 e. The Morgan fingerprint density at radius 3 is 2.74 bits per heavy atom. The van der Waals surface area contributed by atoms with Crippen molar-refractivity contribution in [2.45, 2.75) is 65.4 Å². The molecule has 3 aromatic rings. The van der Waals surface area contributed by atoms with E-state index in [0.717, 1.165) is 54.9 Å². The molecule has 1 aromatic carbocycles. The zero-order chi connectivity index (χ0) is 22.2. The summed E-state index contributed by atoms with van der Waals surface area (Å²) in [7, 11) is 0. The molecule has 0 aliphatic rings. The first kappa shape index (κ1) is 22.8. The average molecular weight is 428 g/mol. The molecule has 1 atom stereocenters. The summed E-state index contributed by atoms with van der Waals surface area (Å²) in [6.07, 6.45) is 6.69. The zero-order valence-electron chi connectivity index (χ0n) is 18.7. The van der Waals surface area contributed by atoms with E-state index in [1.807, 2.05) is 6.07 Å². The first-order chi connectivity index (χ1) is 15.0. The van der Waals surface area contributed by atoms with Crippen LogP contribution in [0, 0.1) is 6.92 Å². The van der Waals surface area contributed by atoms with Crippen molar-refractivity contribution in [1.82, 2.24) is 19.6 Å². The van der Waals surface area contributed by atoms with Crippen LogP contribution < -0.4 is 15.2 Å². The van der Waals surface area contributed by atoms with Gasteiger partial charge < -0.3 is 20.3 Å². The van der Waals surface area contributed by atoms with E-state index in [2.05, 4.69) is 48.0 Å². The number of unbranched alkanes of at least 4 members (excludes halogenated alkanes) is 1. The van der Waals surface area contributed by atoms with Gasteiger partial charge in [0.05, 0.1) is 18.5 Å². The SMILES string of the molecule is CCCCOc1ccc(Cc2cnc3c(N)nc(OC(CCC)CCO)nn23)cc1C. The van der Waals surface area contributed by atoms with Crippen molar-refractivity contribution in [3.05, 3.63) is 41.2 Å². The van der Waals surface area contributed by atoms with Gasteiger partial charge in [0, 0.05) is 19.4 Å². The first-order valence-corrected chi connectivity index (χ1v) is 11.1. The maximum atomic E-state index is 9.28. The van der Waals surface area contributed by atoms with Crippen LogP contribution in [-0.4, -0.2) is 44.0 Å². The van der Waals surface area contributed by atoms with Crippen LogP contribution in [0.4, 0.5) is 5.82 Å². The van der Waals surface area contributed by atoms with Gasteiger partial charge in [0.25, 0.3) is 0 Å². The third-order valence-corrected chi connectivity index (χ3v) is 5.15. The Morgan fingerprint density at radius 2 is 2.03 bits per heavy atom. The lowest BCUT2D eigenvalue weighted by Gasteiger charge is -2.16. The molecule has 0 fully saturated rings. The van der Waals surface area contributed by atoms with E-state index in [0.29, 0.717) is 18.5 Å². The molecule has 8 nitrogen and oxygen atoms in total. The van der Waals surface area contributed by atoms with Crippen LogP contribution in [0.5, 0.6) is 11.8 Å². The number of nitrogen functional groups attached to an aromatic ring is 1. The van der Waals surface area contributed by atoms with Crippen molar-refractivity contribution < 1.29 is 14.6 Å². The number of aliphatic hydroxyl groups is 1. The molecule has 0 bridgehead atoms. The summed E-state index contributed by atoms with van der Waals surface area (Å²) < 4.78 is 13.5. The van der Waals surface area contributed by atoms with Crippen molar-refractivity contribution in [3.8, 4) is 11.8 Å². The molecule has 3 rings (SSSR count). The van der Waals surface area contributed by atoms with Crippen LogP contribution in [0.15, 0.2) is 24.4 Å². The number of nitrogens with two attached hydrogens (primary N) is 1. The zero-order valence-corrected chi connectivity index (χ0v) is 18.7. The molecule has 0 aliphatic heterocycles. The lowest BCUT2D eigenvalue weighted by Crippen LogP contribution is -2.20. The van der Waals surface area contributed by atoms with Crippen LogP contribution in [0.3, 0.4) is 0 Å². The molecular formula is C23H33N5O3. The molecule has 3 N–H and O–H groups in total. The van der Waals surface area contributed by atoms with Crippen molar-refractivity contribution in [3.63, 3.8) is 0 Å². The fraction of sp³-hybridized carbons (Fsp3) is 0.522. The minimum atomic E-state index is -0.151. The predicted molar refractivity (Wildman–Crippen MR) is 121 cm³/mol. The number of nitrogens with zero attached hydrogens (tertiary/aromatic N) is 4. The second-order valence-corrected chi connectivity index (χ2v) is 7.78. The molecule has 1 unspecified atom stereocenters. The van der Waals surface area contributed by atoms with E-state index >= 15 is 0 Å². The standard InChI is InChI=1S/C23H33N5O3/c1-4-6-12-30-20-9-8-17(13-16(20)3)14-18-15-25-22-21(24)26-23(27-28(18)22)31-19(7-5-2)10-11-29/h8-9,13,15,19,29H,4-7,10-12,14H2,1-3H3,(H2,24,26,27). The highest BCUT2D eigenvalue weighted by molar-refractivity contribution is 5.59. The molecule has 8 heteroatoms. The summed E-state index contributed by atoms with van der Waals surface area (Å²) >= 11 is 0. The van der Waals surface area contributed by atoms with Gasteiger partial charge in [-0.15, -0.1) is 5.10 Å². The van der Waals surface area contributed by atoms with Crippen molar-refractivity contribution in [2.75, 3.05) is 18.9 Å². The Morgan fingerprint density at radius 1 is 1.19 bits per heavy atom. The van der Waals surface area contributed by atoms with Gasteiger partial charge in [-0.3, -0.25) is 0 Å².